The first-order chi connectivity index (χ1) is 12.0. The van der Waals surface area contributed by atoms with Gasteiger partial charge in [0.05, 0.1) is 0 Å². The predicted octanol–water partition coefficient (Wildman–Crippen LogP) is 0.842. The number of carbonyl (C=O) groups is 1. The van der Waals surface area contributed by atoms with Crippen molar-refractivity contribution in [2.75, 3.05) is 26.7 Å². The van der Waals surface area contributed by atoms with Crippen molar-refractivity contribution in [2.24, 2.45) is 4.40 Å². The number of sulfonamides is 1. The number of carbonyl (C=O) groups excluding carboxylic acids is 1. The number of nitrogens with one attached hydrogen (secondary N) is 1. The summed E-state index contributed by atoms with van der Waals surface area (Å²) in [5.41, 5.74) is 0.604. The molecule has 7 nitrogen and oxygen atoms in total. The number of fused-ring (bicyclic) bond motifs is 1. The summed E-state index contributed by atoms with van der Waals surface area (Å²) < 4.78 is 28.6. The predicted molar refractivity (Wildman–Crippen MR) is 101 cm³/mol. The molecule has 3 aliphatic heterocycles. The van der Waals surface area contributed by atoms with Gasteiger partial charge in [-0.15, -0.1) is 16.8 Å². The van der Waals surface area contributed by atoms with Gasteiger partial charge in [0.2, 0.25) is 5.91 Å². The van der Waals surface area contributed by atoms with Crippen LogP contribution in [-0.2, 0) is 14.8 Å². The van der Waals surface area contributed by atoms with E-state index in [1.807, 2.05) is 16.8 Å². The van der Waals surface area contributed by atoms with Gasteiger partial charge in [0.1, 0.15) is 10.9 Å². The molecule has 26 heavy (non-hydrogen) atoms. The fourth-order valence-corrected chi connectivity index (χ4v) is 5.17. The van der Waals surface area contributed by atoms with E-state index in [4.69, 9.17) is 0 Å². The molecule has 3 heterocycles. The average molecular weight is 399 g/mol. The third kappa shape index (κ3) is 3.10. The summed E-state index contributed by atoms with van der Waals surface area (Å²) in [6.07, 6.45) is 2.53. The van der Waals surface area contributed by atoms with Gasteiger partial charge >= 0.3 is 0 Å². The van der Waals surface area contributed by atoms with Crippen LogP contribution in [0.2, 0.25) is 0 Å². The highest BCUT2D eigenvalue weighted by Crippen LogP contribution is 2.31. The number of rotatable bonds is 2. The topological polar surface area (TPSA) is 82.1 Å². The lowest BCUT2D eigenvalue weighted by Crippen LogP contribution is -2.50. The van der Waals surface area contributed by atoms with Crippen LogP contribution < -0.4 is 5.32 Å². The van der Waals surface area contributed by atoms with Crippen LogP contribution in [0.25, 0.3) is 0 Å². The Kier molecular flexibility index (Phi) is 5.28. The van der Waals surface area contributed by atoms with Crippen LogP contribution in [0.4, 0.5) is 0 Å². The molecular weight excluding hydrogens is 376 g/mol. The number of hydrogen-bond donors (Lipinski definition) is 1. The third-order valence-corrected chi connectivity index (χ3v) is 6.68. The highest BCUT2D eigenvalue weighted by molar-refractivity contribution is 7.90. The summed E-state index contributed by atoms with van der Waals surface area (Å²) in [5.74, 6) is 0.472. The van der Waals surface area contributed by atoms with E-state index in [0.29, 0.717) is 17.9 Å². The summed E-state index contributed by atoms with van der Waals surface area (Å²) in [7, 11) is -1.82. The molecule has 2 unspecified atom stereocenters. The fourth-order valence-electron chi connectivity index (χ4n) is 3.96. The van der Waals surface area contributed by atoms with Gasteiger partial charge in [-0.2, -0.15) is 8.42 Å². The lowest BCUT2D eigenvalue weighted by Gasteiger charge is -2.32. The maximum Gasteiger partial charge on any atom is 0.285 e. The fraction of sp³-hybridized carbons (Fsp3) is 0.529. The summed E-state index contributed by atoms with van der Waals surface area (Å²) in [4.78, 5) is 17.0. The van der Waals surface area contributed by atoms with Gasteiger partial charge < -0.3 is 15.1 Å². The summed E-state index contributed by atoms with van der Waals surface area (Å²) in [6.45, 7) is 2.39. The maximum atomic E-state index is 13.0. The van der Waals surface area contributed by atoms with Gasteiger partial charge in [0, 0.05) is 31.7 Å². The smallest absolute Gasteiger partial charge is 0.285 e. The van der Waals surface area contributed by atoms with Gasteiger partial charge in [0.15, 0.2) is 5.84 Å². The van der Waals surface area contributed by atoms with Crippen LogP contribution in [0.1, 0.15) is 24.8 Å². The van der Waals surface area contributed by atoms with E-state index in [-0.39, 0.29) is 35.3 Å². The van der Waals surface area contributed by atoms with Gasteiger partial charge in [-0.05, 0) is 37.9 Å². The molecule has 1 amide bonds. The number of nitrogens with zero attached hydrogens (tertiary/aromatic N) is 3. The van der Waals surface area contributed by atoms with Gasteiger partial charge in [0.25, 0.3) is 10.0 Å². The number of benzene rings is 1. The minimum atomic E-state index is -3.67. The van der Waals surface area contributed by atoms with Crippen LogP contribution in [0.15, 0.2) is 33.6 Å². The van der Waals surface area contributed by atoms with Crippen LogP contribution in [0, 0.1) is 0 Å². The Morgan fingerprint density at radius 1 is 1.31 bits per heavy atom. The Balaban J connectivity index is 0.00000196. The van der Waals surface area contributed by atoms with Crippen molar-refractivity contribution in [3.05, 3.63) is 29.8 Å². The lowest BCUT2D eigenvalue weighted by molar-refractivity contribution is -0.135. The lowest BCUT2D eigenvalue weighted by atomic mass is 10.1. The number of hydrogen-bond acceptors (Lipinski definition) is 5. The molecule has 3 aliphatic rings. The number of amidine groups is 1. The highest BCUT2D eigenvalue weighted by Gasteiger charge is 2.41. The molecule has 2 fully saturated rings. The first-order valence-electron chi connectivity index (χ1n) is 8.67. The van der Waals surface area contributed by atoms with Gasteiger partial charge in [-0.3, -0.25) is 4.79 Å². The first-order valence-corrected chi connectivity index (χ1v) is 10.1. The van der Waals surface area contributed by atoms with Crippen LogP contribution >= 0.6 is 12.4 Å². The Bertz CT molecular complexity index is 836. The molecule has 0 saturated carbocycles. The van der Waals surface area contributed by atoms with Crippen molar-refractivity contribution in [3.8, 4) is 0 Å². The molecule has 0 aromatic heterocycles. The van der Waals surface area contributed by atoms with E-state index < -0.39 is 10.0 Å². The first kappa shape index (κ1) is 19.1. The zero-order chi connectivity index (χ0) is 17.6. The molecule has 0 aliphatic carbocycles. The molecule has 2 saturated heterocycles. The van der Waals surface area contributed by atoms with E-state index in [1.54, 1.807) is 24.3 Å². The minimum Gasteiger partial charge on any atom is -0.343 e. The zero-order valence-corrected chi connectivity index (χ0v) is 16.2. The number of likely N-dealkylation sites (tertiary alicyclic amines) is 1. The highest BCUT2D eigenvalue weighted by atomic mass is 35.5. The molecule has 1 aromatic carbocycles. The van der Waals surface area contributed by atoms with Crippen molar-refractivity contribution in [2.45, 2.75) is 36.2 Å². The molecule has 9 heteroatoms. The largest absolute Gasteiger partial charge is 0.343 e. The van der Waals surface area contributed by atoms with Crippen molar-refractivity contribution in [3.63, 3.8) is 0 Å². The Labute approximate surface area is 159 Å². The van der Waals surface area contributed by atoms with Crippen molar-refractivity contribution in [1.82, 2.24) is 15.1 Å². The molecule has 142 valence electrons. The number of halogens is 1. The third-order valence-electron chi connectivity index (χ3n) is 5.35. The monoisotopic (exact) mass is 398 g/mol. The van der Waals surface area contributed by atoms with E-state index in [9.17, 15) is 13.2 Å². The standard InChI is InChI=1S/C17H22N4O3S.ClH/c1-20(12-8-9-18-11-12)17(22)14-6-4-10-21(14)16-13-5-2-3-7-15(13)25(23,24)19-16;/h2-3,5,7,12,14,18H,4,6,8-11H2,1H3;1H. The zero-order valence-electron chi connectivity index (χ0n) is 14.6. The molecule has 0 radical (unpaired) electrons. The van der Waals surface area contributed by atoms with Crippen molar-refractivity contribution in [1.29, 1.82) is 0 Å². The van der Waals surface area contributed by atoms with Crippen LogP contribution in [-0.4, -0.2) is 68.7 Å². The molecule has 4 rings (SSSR count). The molecule has 2 atom stereocenters. The molecular formula is C17H23ClN4O3S. The number of likely N-dealkylation sites (N-methyl/N-ethyl adjacent to an activating group) is 1. The van der Waals surface area contributed by atoms with E-state index in [1.165, 1.54) is 0 Å². The second kappa shape index (κ2) is 7.17. The normalized spacial score (nSPS) is 26.2. The summed E-state index contributed by atoms with van der Waals surface area (Å²) >= 11 is 0. The van der Waals surface area contributed by atoms with Crippen LogP contribution in [0.5, 0.6) is 0 Å². The molecule has 0 bridgehead atoms. The van der Waals surface area contributed by atoms with Crippen molar-refractivity contribution < 1.29 is 13.2 Å². The van der Waals surface area contributed by atoms with Crippen LogP contribution in [0.3, 0.4) is 0 Å². The summed E-state index contributed by atoms with van der Waals surface area (Å²) in [5, 5.41) is 3.28. The molecule has 0 spiro atoms. The number of amides is 1. The van der Waals surface area contributed by atoms with Crippen molar-refractivity contribution >= 4 is 34.2 Å². The summed E-state index contributed by atoms with van der Waals surface area (Å²) in [6, 6.07) is 6.70. The Morgan fingerprint density at radius 2 is 2.08 bits per heavy atom. The van der Waals surface area contributed by atoms with E-state index in [2.05, 4.69) is 9.71 Å². The minimum absolute atomic E-state index is 0. The van der Waals surface area contributed by atoms with E-state index in [0.717, 1.165) is 32.4 Å². The molecule has 1 aromatic rings. The molecule has 1 N–H and O–H groups in total. The second-order valence-electron chi connectivity index (χ2n) is 6.83. The Morgan fingerprint density at radius 3 is 2.81 bits per heavy atom. The van der Waals surface area contributed by atoms with Gasteiger partial charge in [-0.1, -0.05) is 12.1 Å². The maximum absolute atomic E-state index is 13.0. The quantitative estimate of drug-likeness (QED) is 0.798. The van der Waals surface area contributed by atoms with E-state index >= 15 is 0 Å². The Hall–Kier alpha value is -1.64. The second-order valence-corrected chi connectivity index (χ2v) is 8.41. The average Bonchev–Trinajstić information content (AvgIpc) is 3.33. The SMILES string of the molecule is CN(C(=O)C1CCCN1C1=NS(=O)(=O)c2ccccc21)C1CCNC1.Cl. The van der Waals surface area contributed by atoms with Gasteiger partial charge in [-0.25, -0.2) is 0 Å².